The van der Waals surface area contributed by atoms with Crippen molar-refractivity contribution in [1.29, 1.82) is 0 Å². The number of aromatic nitrogens is 2. The maximum Gasteiger partial charge on any atom is 0.365 e. The van der Waals surface area contributed by atoms with Crippen molar-refractivity contribution >= 4 is 16.6 Å². The Morgan fingerprint density at radius 1 is 1.04 bits per heavy atom. The molecule has 2 aromatic carbocycles. The average molecular weight is 355 g/mol. The summed E-state index contributed by atoms with van der Waals surface area (Å²) in [6.45, 7) is 1.65. The highest BCUT2D eigenvalue weighted by atomic mass is 19.1. The summed E-state index contributed by atoms with van der Waals surface area (Å²) in [6.07, 6.45) is 1.96. The summed E-state index contributed by atoms with van der Waals surface area (Å²) < 4.78 is 15.9. The molecule has 0 atom stereocenters. The van der Waals surface area contributed by atoms with E-state index < -0.39 is 17.1 Å². The van der Waals surface area contributed by atoms with Gasteiger partial charge >= 0.3 is 5.69 Å². The zero-order chi connectivity index (χ0) is 18.3. The highest BCUT2D eigenvalue weighted by molar-refractivity contribution is 5.82. The summed E-state index contributed by atoms with van der Waals surface area (Å²) in [5, 5.41) is 9.85. The van der Waals surface area contributed by atoms with Crippen LogP contribution in [-0.2, 0) is 6.54 Å². The number of nitrogens with zero attached hydrogens (tertiary/aromatic N) is 3. The molecule has 0 amide bonds. The lowest BCUT2D eigenvalue weighted by Crippen LogP contribution is -2.39. The fourth-order valence-corrected chi connectivity index (χ4v) is 3.48. The minimum atomic E-state index is -0.916. The van der Waals surface area contributed by atoms with Crippen molar-refractivity contribution in [3.05, 3.63) is 74.7 Å². The molecule has 2 heterocycles. The van der Waals surface area contributed by atoms with Gasteiger partial charge in [-0.25, -0.2) is 9.18 Å². The summed E-state index contributed by atoms with van der Waals surface area (Å²) in [5.74, 6) is -0.526. The Morgan fingerprint density at radius 2 is 1.73 bits per heavy atom. The Balaban J connectivity index is 1.97. The van der Waals surface area contributed by atoms with Crippen molar-refractivity contribution in [2.45, 2.75) is 19.4 Å². The van der Waals surface area contributed by atoms with E-state index in [4.69, 9.17) is 0 Å². The molecule has 1 aliphatic rings. The topological polar surface area (TPSA) is 67.5 Å². The number of hydrogen-bond donors (Lipinski definition) is 1. The molecule has 3 aromatic rings. The minimum absolute atomic E-state index is 0.0246. The van der Waals surface area contributed by atoms with Crippen molar-refractivity contribution < 1.29 is 9.60 Å². The molecule has 1 N–H and O–H groups in total. The van der Waals surface area contributed by atoms with Gasteiger partial charge in [0.15, 0.2) is 0 Å². The summed E-state index contributed by atoms with van der Waals surface area (Å²) in [7, 11) is 0. The summed E-state index contributed by atoms with van der Waals surface area (Å²) in [5.41, 5.74) is -0.225. The number of hydrogen-bond acceptors (Lipinski definition) is 4. The van der Waals surface area contributed by atoms with E-state index in [9.17, 15) is 19.2 Å². The Hall–Kier alpha value is -3.09. The standard InChI is InChI=1S/C19H18FN3O3/c20-15-10-14-16(11-17(15)21-8-4-5-9-21)22(19(25)23(26)18(14)24)12-13-6-2-1-3-7-13/h1-3,6-7,10-11,26H,4-5,8-9,12H2. The lowest BCUT2D eigenvalue weighted by Gasteiger charge is -2.20. The molecule has 1 fully saturated rings. The van der Waals surface area contributed by atoms with Crippen LogP contribution in [0.25, 0.3) is 10.9 Å². The van der Waals surface area contributed by atoms with Crippen LogP contribution in [0.15, 0.2) is 52.1 Å². The van der Waals surface area contributed by atoms with Gasteiger partial charge < -0.3 is 10.1 Å². The van der Waals surface area contributed by atoms with Crippen molar-refractivity contribution in [1.82, 2.24) is 9.30 Å². The zero-order valence-electron chi connectivity index (χ0n) is 14.1. The van der Waals surface area contributed by atoms with Crippen molar-refractivity contribution in [3.63, 3.8) is 0 Å². The highest BCUT2D eigenvalue weighted by Gasteiger charge is 2.20. The number of anilines is 1. The lowest BCUT2D eigenvalue weighted by atomic mass is 10.1. The summed E-state index contributed by atoms with van der Waals surface area (Å²) >= 11 is 0. The van der Waals surface area contributed by atoms with Crippen molar-refractivity contribution in [2.24, 2.45) is 0 Å². The highest BCUT2D eigenvalue weighted by Crippen LogP contribution is 2.27. The van der Waals surface area contributed by atoms with E-state index in [2.05, 4.69) is 0 Å². The predicted octanol–water partition coefficient (Wildman–Crippen LogP) is 2.19. The van der Waals surface area contributed by atoms with E-state index in [-0.39, 0.29) is 16.7 Å². The second-order valence-electron chi connectivity index (χ2n) is 6.49. The maximum atomic E-state index is 14.6. The first kappa shape index (κ1) is 16.4. The van der Waals surface area contributed by atoms with Gasteiger partial charge in [0.05, 0.1) is 23.1 Å². The molecule has 1 aromatic heterocycles. The molecule has 6 nitrogen and oxygen atoms in total. The van der Waals surface area contributed by atoms with E-state index in [1.165, 1.54) is 4.57 Å². The SMILES string of the molecule is O=c1c2cc(F)c(N3CCCC3)cc2n(Cc2ccccc2)c(=O)n1O. The molecule has 0 spiro atoms. The third kappa shape index (κ3) is 2.65. The molecule has 0 radical (unpaired) electrons. The molecule has 0 aliphatic carbocycles. The van der Waals surface area contributed by atoms with Gasteiger partial charge in [0.1, 0.15) is 5.82 Å². The van der Waals surface area contributed by atoms with Crippen molar-refractivity contribution in [2.75, 3.05) is 18.0 Å². The van der Waals surface area contributed by atoms with Gasteiger partial charge in [-0.2, -0.15) is 0 Å². The van der Waals surface area contributed by atoms with E-state index in [0.717, 1.165) is 37.6 Å². The van der Waals surface area contributed by atoms with Crippen LogP contribution in [-0.4, -0.2) is 27.6 Å². The molecule has 1 saturated heterocycles. The van der Waals surface area contributed by atoms with E-state index >= 15 is 0 Å². The lowest BCUT2D eigenvalue weighted by molar-refractivity contribution is 0.158. The van der Waals surface area contributed by atoms with Crippen LogP contribution in [0.2, 0.25) is 0 Å². The van der Waals surface area contributed by atoms with Gasteiger partial charge in [-0.05, 0) is 30.5 Å². The first-order valence-electron chi connectivity index (χ1n) is 8.53. The molecule has 134 valence electrons. The number of benzene rings is 2. The number of rotatable bonds is 3. The smallest absolute Gasteiger partial charge is 0.365 e. The Kier molecular flexibility index (Phi) is 3.99. The predicted molar refractivity (Wildman–Crippen MR) is 96.6 cm³/mol. The average Bonchev–Trinajstić information content (AvgIpc) is 3.18. The molecule has 0 bridgehead atoms. The van der Waals surface area contributed by atoms with Crippen LogP contribution < -0.4 is 16.1 Å². The summed E-state index contributed by atoms with van der Waals surface area (Å²) in [4.78, 5) is 26.7. The Labute approximate surface area is 148 Å². The largest absolute Gasteiger partial charge is 0.421 e. The molecule has 26 heavy (non-hydrogen) atoms. The normalized spacial score (nSPS) is 14.3. The molecule has 0 unspecified atom stereocenters. The van der Waals surface area contributed by atoms with Crippen LogP contribution in [0, 0.1) is 5.82 Å². The number of fused-ring (bicyclic) bond motifs is 1. The van der Waals surface area contributed by atoms with Crippen molar-refractivity contribution in [3.8, 4) is 0 Å². The second kappa shape index (κ2) is 6.33. The fourth-order valence-electron chi connectivity index (χ4n) is 3.48. The van der Waals surface area contributed by atoms with Crippen LogP contribution in [0.5, 0.6) is 0 Å². The molecule has 4 rings (SSSR count). The van der Waals surface area contributed by atoms with Gasteiger partial charge in [0, 0.05) is 13.1 Å². The van der Waals surface area contributed by atoms with Gasteiger partial charge in [-0.3, -0.25) is 9.36 Å². The number of halogens is 1. The van der Waals surface area contributed by atoms with Crippen LogP contribution in [0.1, 0.15) is 18.4 Å². The molecular weight excluding hydrogens is 337 g/mol. The van der Waals surface area contributed by atoms with Crippen LogP contribution in [0.4, 0.5) is 10.1 Å². The van der Waals surface area contributed by atoms with E-state index in [1.54, 1.807) is 6.07 Å². The quantitative estimate of drug-likeness (QED) is 0.732. The molecule has 0 saturated carbocycles. The third-order valence-corrected chi connectivity index (χ3v) is 4.82. The molecular formula is C19H18FN3O3. The van der Waals surface area contributed by atoms with Gasteiger partial charge in [0.2, 0.25) is 0 Å². The Morgan fingerprint density at radius 3 is 2.42 bits per heavy atom. The molecule has 7 heteroatoms. The Bertz CT molecular complexity index is 1080. The van der Waals surface area contributed by atoms with E-state index in [0.29, 0.717) is 11.2 Å². The zero-order valence-corrected chi connectivity index (χ0v) is 14.1. The summed E-state index contributed by atoms with van der Waals surface area (Å²) in [6, 6.07) is 11.9. The first-order chi connectivity index (χ1) is 12.6. The van der Waals surface area contributed by atoms with Gasteiger partial charge in [-0.15, -0.1) is 0 Å². The van der Waals surface area contributed by atoms with Crippen LogP contribution in [0.3, 0.4) is 0 Å². The fraction of sp³-hybridized carbons (Fsp3) is 0.263. The third-order valence-electron chi connectivity index (χ3n) is 4.82. The van der Waals surface area contributed by atoms with Crippen LogP contribution >= 0.6 is 0 Å². The van der Waals surface area contributed by atoms with Gasteiger partial charge in [0.25, 0.3) is 5.56 Å². The molecule has 1 aliphatic heterocycles. The monoisotopic (exact) mass is 355 g/mol. The maximum absolute atomic E-state index is 14.6. The second-order valence-corrected chi connectivity index (χ2v) is 6.49. The minimum Gasteiger partial charge on any atom is -0.421 e. The van der Waals surface area contributed by atoms with E-state index in [1.807, 2.05) is 35.2 Å². The van der Waals surface area contributed by atoms with Gasteiger partial charge in [-0.1, -0.05) is 35.1 Å². The first-order valence-corrected chi connectivity index (χ1v) is 8.53.